The molecule has 2 atom stereocenters. The molecule has 11 heavy (non-hydrogen) atoms. The van der Waals surface area contributed by atoms with E-state index in [2.05, 4.69) is 18.8 Å². The minimum atomic E-state index is -0.118. The lowest BCUT2D eigenvalue weighted by Crippen LogP contribution is -2.37. The highest BCUT2D eigenvalue weighted by molar-refractivity contribution is 5.87. The highest BCUT2D eigenvalue weighted by Gasteiger charge is 2.24. The molecule has 1 amide bonds. The average molecular weight is 155 g/mol. The minimum Gasteiger partial charge on any atom is -0.379 e. The van der Waals surface area contributed by atoms with E-state index >= 15 is 0 Å². The molecule has 0 aromatic rings. The van der Waals surface area contributed by atoms with Crippen LogP contribution in [-0.4, -0.2) is 25.2 Å². The summed E-state index contributed by atoms with van der Waals surface area (Å²) in [6.07, 6.45) is 1.28. The van der Waals surface area contributed by atoms with Gasteiger partial charge < -0.3 is 10.1 Å². The van der Waals surface area contributed by atoms with Crippen molar-refractivity contribution < 1.29 is 9.53 Å². The fourth-order valence-electron chi connectivity index (χ4n) is 1.09. The molecule has 0 aliphatic carbocycles. The summed E-state index contributed by atoms with van der Waals surface area (Å²) in [5, 5.41) is 2.80. The normalized spacial score (nSPS) is 29.9. The van der Waals surface area contributed by atoms with Crippen LogP contribution in [0, 0.1) is 5.92 Å². The first-order valence-corrected chi connectivity index (χ1v) is 3.74. The number of rotatable bonds is 2. The van der Waals surface area contributed by atoms with Gasteiger partial charge in [-0.1, -0.05) is 13.5 Å². The fraction of sp³-hybridized carbons (Fsp3) is 0.625. The summed E-state index contributed by atoms with van der Waals surface area (Å²) >= 11 is 0. The summed E-state index contributed by atoms with van der Waals surface area (Å²) in [5.74, 6) is 0.297. The third-order valence-electron chi connectivity index (χ3n) is 1.88. The van der Waals surface area contributed by atoms with Crippen LogP contribution in [0.15, 0.2) is 12.7 Å². The van der Waals surface area contributed by atoms with Crippen LogP contribution >= 0.6 is 0 Å². The van der Waals surface area contributed by atoms with Crippen LogP contribution in [0.25, 0.3) is 0 Å². The van der Waals surface area contributed by atoms with Crippen LogP contribution in [0.2, 0.25) is 0 Å². The molecule has 0 spiro atoms. The Morgan fingerprint density at radius 1 is 1.73 bits per heavy atom. The number of hydrogen-bond donors (Lipinski definition) is 1. The van der Waals surface area contributed by atoms with Crippen molar-refractivity contribution in [3.05, 3.63) is 12.7 Å². The molecule has 0 radical (unpaired) electrons. The van der Waals surface area contributed by atoms with Crippen molar-refractivity contribution in [2.24, 2.45) is 5.92 Å². The zero-order chi connectivity index (χ0) is 8.27. The van der Waals surface area contributed by atoms with Crippen LogP contribution in [-0.2, 0) is 9.53 Å². The summed E-state index contributed by atoms with van der Waals surface area (Å²) in [6, 6.07) is 0.167. The van der Waals surface area contributed by atoms with Gasteiger partial charge in [0.1, 0.15) is 0 Å². The lowest BCUT2D eigenvalue weighted by Gasteiger charge is -2.13. The second-order valence-corrected chi connectivity index (χ2v) is 2.83. The molecule has 0 saturated carbocycles. The van der Waals surface area contributed by atoms with Crippen LogP contribution in [0.4, 0.5) is 0 Å². The highest BCUT2D eigenvalue weighted by Crippen LogP contribution is 2.11. The second-order valence-electron chi connectivity index (χ2n) is 2.83. The predicted octanol–water partition coefficient (Wildman–Crippen LogP) is 0.323. The van der Waals surface area contributed by atoms with Gasteiger partial charge in [0.05, 0.1) is 19.3 Å². The van der Waals surface area contributed by atoms with E-state index in [4.69, 9.17) is 4.74 Å². The summed E-state index contributed by atoms with van der Waals surface area (Å²) in [5.41, 5.74) is 0. The van der Waals surface area contributed by atoms with Crippen LogP contribution in [0.1, 0.15) is 6.92 Å². The largest absolute Gasteiger partial charge is 0.379 e. The molecule has 0 bridgehead atoms. The van der Waals surface area contributed by atoms with Crippen LogP contribution < -0.4 is 5.32 Å². The summed E-state index contributed by atoms with van der Waals surface area (Å²) in [7, 11) is 0. The van der Waals surface area contributed by atoms with Gasteiger partial charge in [-0.25, -0.2) is 0 Å². The number of carbonyl (C=O) groups excluding carboxylic acids is 1. The molecule has 1 aliphatic rings. The first kappa shape index (κ1) is 8.27. The van der Waals surface area contributed by atoms with E-state index in [-0.39, 0.29) is 11.9 Å². The van der Waals surface area contributed by atoms with Gasteiger partial charge in [-0.2, -0.15) is 0 Å². The maximum absolute atomic E-state index is 10.8. The third kappa shape index (κ3) is 2.05. The molecule has 1 saturated heterocycles. The van der Waals surface area contributed by atoms with E-state index in [1.165, 1.54) is 6.08 Å². The molecule has 0 aromatic carbocycles. The maximum atomic E-state index is 10.8. The Bertz CT molecular complexity index is 167. The van der Waals surface area contributed by atoms with Gasteiger partial charge in [0.25, 0.3) is 0 Å². The fourth-order valence-corrected chi connectivity index (χ4v) is 1.09. The van der Waals surface area contributed by atoms with Gasteiger partial charge >= 0.3 is 0 Å². The minimum absolute atomic E-state index is 0.118. The molecule has 1 N–H and O–H groups in total. The Kier molecular flexibility index (Phi) is 2.65. The van der Waals surface area contributed by atoms with E-state index in [0.29, 0.717) is 12.5 Å². The maximum Gasteiger partial charge on any atom is 0.243 e. The molecule has 1 rings (SSSR count). The molecule has 1 heterocycles. The number of carbonyl (C=O) groups is 1. The van der Waals surface area contributed by atoms with Crippen molar-refractivity contribution in [2.75, 3.05) is 13.2 Å². The number of hydrogen-bond acceptors (Lipinski definition) is 2. The Hall–Kier alpha value is -0.830. The monoisotopic (exact) mass is 155 g/mol. The SMILES string of the molecule is C=CC(=O)N[C@H]1COC[C@H]1C. The number of amides is 1. The second kappa shape index (κ2) is 3.53. The zero-order valence-electron chi connectivity index (χ0n) is 6.67. The van der Waals surface area contributed by atoms with E-state index in [9.17, 15) is 4.79 Å². The quantitative estimate of drug-likeness (QED) is 0.583. The smallest absolute Gasteiger partial charge is 0.243 e. The summed E-state index contributed by atoms with van der Waals surface area (Å²) in [4.78, 5) is 10.8. The van der Waals surface area contributed by atoms with E-state index in [1.54, 1.807) is 0 Å². The summed E-state index contributed by atoms with van der Waals surface area (Å²) < 4.78 is 5.17. The topological polar surface area (TPSA) is 38.3 Å². The molecule has 62 valence electrons. The van der Waals surface area contributed by atoms with Crippen molar-refractivity contribution in [1.29, 1.82) is 0 Å². The van der Waals surface area contributed by atoms with Crippen LogP contribution in [0.5, 0.6) is 0 Å². The number of nitrogens with one attached hydrogen (secondary N) is 1. The Balaban J connectivity index is 2.36. The Morgan fingerprint density at radius 3 is 2.91 bits per heavy atom. The van der Waals surface area contributed by atoms with Gasteiger partial charge in [-0.3, -0.25) is 4.79 Å². The molecule has 1 fully saturated rings. The summed E-state index contributed by atoms with van der Waals surface area (Å²) in [6.45, 7) is 6.80. The van der Waals surface area contributed by atoms with Gasteiger partial charge in [0, 0.05) is 5.92 Å². The Labute approximate surface area is 66.4 Å². The van der Waals surface area contributed by atoms with Gasteiger partial charge in [-0.15, -0.1) is 0 Å². The van der Waals surface area contributed by atoms with Crippen molar-refractivity contribution >= 4 is 5.91 Å². The van der Waals surface area contributed by atoms with Crippen LogP contribution in [0.3, 0.4) is 0 Å². The van der Waals surface area contributed by atoms with Crippen molar-refractivity contribution in [1.82, 2.24) is 5.32 Å². The zero-order valence-corrected chi connectivity index (χ0v) is 6.67. The predicted molar refractivity (Wildman–Crippen MR) is 42.1 cm³/mol. The lowest BCUT2D eigenvalue weighted by molar-refractivity contribution is -0.117. The van der Waals surface area contributed by atoms with Gasteiger partial charge in [-0.05, 0) is 6.08 Å². The van der Waals surface area contributed by atoms with Gasteiger partial charge in [0.2, 0.25) is 5.91 Å². The van der Waals surface area contributed by atoms with Crippen molar-refractivity contribution in [2.45, 2.75) is 13.0 Å². The molecular weight excluding hydrogens is 142 g/mol. The standard InChI is InChI=1S/C8H13NO2/c1-3-8(10)9-7-5-11-4-6(7)2/h3,6-7H,1,4-5H2,2H3,(H,9,10)/t6-,7+/m1/s1. The number of ether oxygens (including phenoxy) is 1. The highest BCUT2D eigenvalue weighted by atomic mass is 16.5. The van der Waals surface area contributed by atoms with E-state index in [1.807, 2.05) is 0 Å². The van der Waals surface area contributed by atoms with Gasteiger partial charge in [0.15, 0.2) is 0 Å². The Morgan fingerprint density at radius 2 is 2.45 bits per heavy atom. The molecule has 0 unspecified atom stereocenters. The molecule has 3 heteroatoms. The first-order chi connectivity index (χ1) is 5.24. The molecule has 1 aliphatic heterocycles. The molecule has 3 nitrogen and oxygen atoms in total. The third-order valence-corrected chi connectivity index (χ3v) is 1.88. The lowest BCUT2D eigenvalue weighted by atomic mass is 10.1. The van der Waals surface area contributed by atoms with E-state index < -0.39 is 0 Å². The van der Waals surface area contributed by atoms with E-state index in [0.717, 1.165) is 6.61 Å². The van der Waals surface area contributed by atoms with Crippen molar-refractivity contribution in [3.63, 3.8) is 0 Å². The van der Waals surface area contributed by atoms with Crippen molar-refractivity contribution in [3.8, 4) is 0 Å². The molecular formula is C8H13NO2. The molecule has 0 aromatic heterocycles. The first-order valence-electron chi connectivity index (χ1n) is 3.74. The average Bonchev–Trinajstić information content (AvgIpc) is 2.37.